The van der Waals surface area contributed by atoms with Crippen molar-refractivity contribution in [2.75, 3.05) is 13.4 Å². The van der Waals surface area contributed by atoms with Crippen LogP contribution in [-0.2, 0) is 43.5 Å². The van der Waals surface area contributed by atoms with Gasteiger partial charge in [-0.15, -0.1) is 0 Å². The summed E-state index contributed by atoms with van der Waals surface area (Å²) >= 11 is 0. The lowest BCUT2D eigenvalue weighted by molar-refractivity contribution is -0.142. The molecule has 2 N–H and O–H groups in total. The third-order valence-corrected chi connectivity index (χ3v) is 4.44. The third kappa shape index (κ3) is 8.75. The molecule has 2 rings (SSSR count). The largest absolute Gasteiger partial charge is 0.519 e. The van der Waals surface area contributed by atoms with Crippen molar-refractivity contribution < 1.29 is 37.8 Å². The Morgan fingerprint density at radius 3 is 2.42 bits per heavy atom. The van der Waals surface area contributed by atoms with E-state index < -0.39 is 23.6 Å². The Bertz CT molecular complexity index is 885. The quantitative estimate of drug-likeness (QED) is 0.259. The van der Waals surface area contributed by atoms with Gasteiger partial charge in [-0.25, -0.2) is 10.3 Å². The fraction of sp³-hybridized carbons (Fsp3) is 0.476. The van der Waals surface area contributed by atoms with Gasteiger partial charge in [0, 0.05) is 13.0 Å². The van der Waals surface area contributed by atoms with Crippen LogP contribution < -0.4 is 11.3 Å². The molecule has 0 bridgehead atoms. The number of carboxylic acid groups (broad SMARTS) is 1. The first-order valence-electron chi connectivity index (χ1n) is 9.85. The molecule has 0 spiro atoms. The Morgan fingerprint density at radius 1 is 1.10 bits per heavy atom. The summed E-state index contributed by atoms with van der Waals surface area (Å²) in [6.45, 7) is 4.46. The maximum Gasteiger partial charge on any atom is 0.519 e. The highest BCUT2D eigenvalue weighted by Crippen LogP contribution is 2.16. The number of aliphatic carboxylic acids is 1. The minimum absolute atomic E-state index is 0.0331. The molecule has 0 saturated carbocycles. The predicted octanol–water partition coefficient (Wildman–Crippen LogP) is 2.32. The Balaban J connectivity index is 1.75. The monoisotopic (exact) mass is 437 g/mol. The zero-order chi connectivity index (χ0) is 22.6. The molecule has 2 aromatic rings. The molecule has 0 saturated heterocycles. The fourth-order valence-corrected chi connectivity index (χ4v) is 2.72. The molecule has 1 aromatic carbocycles. The van der Waals surface area contributed by atoms with E-state index in [1.807, 2.05) is 31.2 Å². The SMILES string of the molecule is CCOCOCc1ccc(CC(CCC(=O)NOCc2oc(=O)oc2C)C(=O)O)cc1. The summed E-state index contributed by atoms with van der Waals surface area (Å²) in [5.74, 6) is -2.60. The lowest BCUT2D eigenvalue weighted by Crippen LogP contribution is -2.26. The number of hydrogen-bond acceptors (Lipinski definition) is 8. The topological polar surface area (TPSA) is 137 Å². The lowest BCUT2D eigenvalue weighted by Gasteiger charge is -2.13. The van der Waals surface area contributed by atoms with Gasteiger partial charge in [-0.3, -0.25) is 14.4 Å². The van der Waals surface area contributed by atoms with Crippen LogP contribution >= 0.6 is 0 Å². The average Bonchev–Trinajstić information content (AvgIpc) is 3.06. The molecule has 31 heavy (non-hydrogen) atoms. The van der Waals surface area contributed by atoms with Crippen LogP contribution in [0.5, 0.6) is 0 Å². The van der Waals surface area contributed by atoms with E-state index >= 15 is 0 Å². The summed E-state index contributed by atoms with van der Waals surface area (Å²) in [5.41, 5.74) is 4.01. The van der Waals surface area contributed by atoms with Gasteiger partial charge >= 0.3 is 11.8 Å². The smallest absolute Gasteiger partial charge is 0.481 e. The number of hydrogen-bond donors (Lipinski definition) is 2. The van der Waals surface area contributed by atoms with E-state index in [1.165, 1.54) is 6.92 Å². The van der Waals surface area contributed by atoms with Gasteiger partial charge in [0.15, 0.2) is 5.76 Å². The van der Waals surface area contributed by atoms with E-state index in [1.54, 1.807) is 0 Å². The maximum absolute atomic E-state index is 11.9. The van der Waals surface area contributed by atoms with Crippen LogP contribution in [0.3, 0.4) is 0 Å². The summed E-state index contributed by atoms with van der Waals surface area (Å²) in [4.78, 5) is 39.4. The van der Waals surface area contributed by atoms with Gasteiger partial charge in [-0.05, 0) is 37.8 Å². The average molecular weight is 437 g/mol. The Kier molecular flexibility index (Phi) is 9.95. The maximum atomic E-state index is 11.9. The molecule has 1 amide bonds. The second kappa shape index (κ2) is 12.7. The van der Waals surface area contributed by atoms with Gasteiger partial charge in [0.25, 0.3) is 0 Å². The van der Waals surface area contributed by atoms with E-state index in [4.69, 9.17) is 18.7 Å². The summed E-state index contributed by atoms with van der Waals surface area (Å²) < 4.78 is 19.9. The minimum Gasteiger partial charge on any atom is -0.481 e. The van der Waals surface area contributed by atoms with Crippen LogP contribution in [0.1, 0.15) is 42.4 Å². The van der Waals surface area contributed by atoms with Crippen molar-refractivity contribution in [1.82, 2.24) is 5.48 Å². The van der Waals surface area contributed by atoms with E-state index in [0.717, 1.165) is 11.1 Å². The van der Waals surface area contributed by atoms with Gasteiger partial charge in [-0.2, -0.15) is 0 Å². The zero-order valence-corrected chi connectivity index (χ0v) is 17.5. The molecule has 0 aliphatic heterocycles. The van der Waals surface area contributed by atoms with Crippen molar-refractivity contribution >= 4 is 11.9 Å². The summed E-state index contributed by atoms with van der Waals surface area (Å²) in [6, 6.07) is 7.44. The Labute approximate surface area is 179 Å². The van der Waals surface area contributed by atoms with Crippen LogP contribution in [0.25, 0.3) is 0 Å². The summed E-state index contributed by atoms with van der Waals surface area (Å²) in [7, 11) is 0. The summed E-state index contributed by atoms with van der Waals surface area (Å²) in [6.07, 6.45) is 0.404. The van der Waals surface area contributed by atoms with Crippen LogP contribution in [0.4, 0.5) is 0 Å². The minimum atomic E-state index is -0.978. The van der Waals surface area contributed by atoms with Gasteiger partial charge in [-0.1, -0.05) is 24.3 Å². The molecule has 1 aromatic heterocycles. The molecule has 0 fully saturated rings. The molecule has 0 aliphatic carbocycles. The van der Waals surface area contributed by atoms with Crippen LogP contribution in [0, 0.1) is 12.8 Å². The molecule has 1 heterocycles. The number of ether oxygens (including phenoxy) is 2. The first-order valence-corrected chi connectivity index (χ1v) is 9.85. The molecular weight excluding hydrogens is 410 g/mol. The predicted molar refractivity (Wildman–Crippen MR) is 107 cm³/mol. The molecule has 1 atom stereocenters. The number of aryl methyl sites for hydroxylation is 1. The molecule has 0 radical (unpaired) electrons. The van der Waals surface area contributed by atoms with Gasteiger partial charge in [0.05, 0.1) is 12.5 Å². The van der Waals surface area contributed by atoms with Crippen molar-refractivity contribution in [3.63, 3.8) is 0 Å². The van der Waals surface area contributed by atoms with Crippen molar-refractivity contribution in [1.29, 1.82) is 0 Å². The number of carbonyl (C=O) groups is 2. The Hall–Kier alpha value is -2.95. The molecular formula is C21H27NO9. The van der Waals surface area contributed by atoms with E-state index in [-0.39, 0.29) is 37.8 Å². The van der Waals surface area contributed by atoms with Crippen molar-refractivity contribution in [3.8, 4) is 0 Å². The first kappa shape index (κ1) is 24.3. The highest BCUT2D eigenvalue weighted by molar-refractivity contribution is 5.76. The first-order chi connectivity index (χ1) is 14.9. The summed E-state index contributed by atoms with van der Waals surface area (Å²) in [5, 5.41) is 9.48. The number of hydroxylamine groups is 1. The van der Waals surface area contributed by atoms with Gasteiger partial charge < -0.3 is 23.4 Å². The van der Waals surface area contributed by atoms with Crippen LogP contribution in [0.2, 0.25) is 0 Å². The standard InChI is InChI=1S/C21H27NO9/c1-3-27-13-28-11-16-6-4-15(5-7-16)10-17(20(24)25)8-9-19(23)22-29-12-18-14(2)30-21(26)31-18/h4-7,17H,3,8-13H2,1-2H3,(H,22,23)(H,24,25). The third-order valence-electron chi connectivity index (χ3n) is 4.44. The second-order valence-electron chi connectivity index (χ2n) is 6.80. The highest BCUT2D eigenvalue weighted by atomic mass is 16.7. The highest BCUT2D eigenvalue weighted by Gasteiger charge is 2.20. The lowest BCUT2D eigenvalue weighted by atomic mass is 9.94. The Morgan fingerprint density at radius 2 is 1.81 bits per heavy atom. The number of carboxylic acids is 1. The van der Waals surface area contributed by atoms with E-state index in [9.17, 15) is 19.5 Å². The van der Waals surface area contributed by atoms with Crippen LogP contribution in [-0.4, -0.2) is 30.4 Å². The van der Waals surface area contributed by atoms with Crippen molar-refractivity contribution in [3.05, 3.63) is 57.5 Å². The molecule has 170 valence electrons. The normalized spacial score (nSPS) is 11.9. The molecule has 0 aliphatic rings. The van der Waals surface area contributed by atoms with Crippen LogP contribution in [0.15, 0.2) is 37.9 Å². The number of nitrogens with one attached hydrogen (secondary N) is 1. The number of amides is 1. The molecule has 10 nitrogen and oxygen atoms in total. The molecule has 10 heteroatoms. The van der Waals surface area contributed by atoms with Gasteiger partial charge in [0.2, 0.25) is 5.91 Å². The number of benzene rings is 1. The zero-order valence-electron chi connectivity index (χ0n) is 17.5. The van der Waals surface area contributed by atoms with Crippen molar-refractivity contribution in [2.45, 2.75) is 46.3 Å². The van der Waals surface area contributed by atoms with E-state index in [2.05, 4.69) is 9.90 Å². The van der Waals surface area contributed by atoms with Gasteiger partial charge in [0.1, 0.15) is 19.2 Å². The molecule has 1 unspecified atom stereocenters. The fourth-order valence-electron chi connectivity index (χ4n) is 2.72. The number of rotatable bonds is 14. The number of carbonyl (C=O) groups excluding carboxylic acids is 1. The van der Waals surface area contributed by atoms with Crippen molar-refractivity contribution in [2.24, 2.45) is 5.92 Å². The second-order valence-corrected chi connectivity index (χ2v) is 6.80. The van der Waals surface area contributed by atoms with E-state index in [0.29, 0.717) is 19.6 Å².